The van der Waals surface area contributed by atoms with E-state index in [4.69, 9.17) is 14.7 Å². The fourth-order valence-electron chi connectivity index (χ4n) is 3.12. The van der Waals surface area contributed by atoms with Crippen molar-refractivity contribution in [3.05, 3.63) is 12.7 Å². The fourth-order valence-corrected chi connectivity index (χ4v) is 3.12. The first-order chi connectivity index (χ1) is 15.1. The van der Waals surface area contributed by atoms with Gasteiger partial charge in [-0.25, -0.2) is 19.7 Å². The lowest BCUT2D eigenvalue weighted by molar-refractivity contribution is -0.0663. The summed E-state index contributed by atoms with van der Waals surface area (Å²) in [5, 5.41) is 35.0. The van der Waals surface area contributed by atoms with E-state index >= 15 is 0 Å². The number of anilines is 1. The third-order valence-electron chi connectivity index (χ3n) is 4.87. The van der Waals surface area contributed by atoms with Gasteiger partial charge in [0.2, 0.25) is 0 Å². The molecule has 1 aliphatic heterocycles. The van der Waals surface area contributed by atoms with Gasteiger partial charge in [-0.15, -0.1) is 0 Å². The van der Waals surface area contributed by atoms with Crippen LogP contribution in [0.4, 0.5) is 10.6 Å². The summed E-state index contributed by atoms with van der Waals surface area (Å²) >= 11 is 0. The van der Waals surface area contributed by atoms with Gasteiger partial charge >= 0.3 is 6.03 Å². The lowest BCUT2D eigenvalue weighted by atomic mass is 10.1. The number of ether oxygens (including phenoxy) is 2. The molecule has 4 atom stereocenters. The Labute approximate surface area is 185 Å². The maximum Gasteiger partial charge on any atom is 0.321 e. The van der Waals surface area contributed by atoms with Gasteiger partial charge in [-0.05, 0) is 27.9 Å². The summed E-state index contributed by atoms with van der Waals surface area (Å²) in [4.78, 5) is 26.6. The first-order valence-corrected chi connectivity index (χ1v) is 10.0. The van der Waals surface area contributed by atoms with E-state index in [1.54, 1.807) is 13.8 Å². The van der Waals surface area contributed by atoms with Crippen molar-refractivity contribution >= 4 is 23.0 Å². The first kappa shape index (κ1) is 23.8. The lowest BCUT2D eigenvalue weighted by Crippen LogP contribution is -2.44. The summed E-state index contributed by atoms with van der Waals surface area (Å²) in [5.74, 6) is 0.122. The van der Waals surface area contributed by atoms with Gasteiger partial charge in [-0.2, -0.15) is 5.26 Å². The van der Waals surface area contributed by atoms with Crippen molar-refractivity contribution in [1.82, 2.24) is 29.7 Å². The number of nitrogens with one attached hydrogen (secondary N) is 2. The zero-order chi connectivity index (χ0) is 23.5. The number of hydrogen-bond acceptors (Lipinski definition) is 10. The number of nitriles is 1. The second kappa shape index (κ2) is 9.72. The lowest BCUT2D eigenvalue weighted by Gasteiger charge is -2.18. The number of rotatable bonds is 8. The average molecular weight is 448 g/mol. The van der Waals surface area contributed by atoms with Crippen LogP contribution in [0, 0.1) is 11.3 Å². The molecule has 0 saturated carbocycles. The van der Waals surface area contributed by atoms with Crippen LogP contribution in [0.1, 0.15) is 20.1 Å². The normalized spacial score (nSPS) is 23.4. The monoisotopic (exact) mass is 448 g/mol. The average Bonchev–Trinajstić information content (AvgIpc) is 3.27. The highest BCUT2D eigenvalue weighted by molar-refractivity contribution is 5.96. The highest BCUT2D eigenvalue weighted by Crippen LogP contribution is 2.32. The fraction of sp³-hybridized carbons (Fsp3) is 0.632. The standard InChI is InChI=1S/C19H28N8O5/c1-19(2,8-20)25-18(30)24-15-12-16(22-9-21-15)27(10-23-12)17-14(29)13(28)11(32-17)7-31-6-5-26(3)4/h9-11,13-14,17,28-29H,5-7H2,1-4H3,(H2,21,22,24,25,30)/t11-,13-,14-,17-/m1/s1. The highest BCUT2D eigenvalue weighted by atomic mass is 16.6. The predicted molar refractivity (Wildman–Crippen MR) is 112 cm³/mol. The number of aromatic nitrogens is 4. The van der Waals surface area contributed by atoms with Crippen molar-refractivity contribution < 1.29 is 24.5 Å². The Balaban J connectivity index is 1.74. The second-order valence-electron chi connectivity index (χ2n) is 8.29. The molecule has 174 valence electrons. The van der Waals surface area contributed by atoms with Crippen LogP contribution >= 0.6 is 0 Å². The molecule has 4 N–H and O–H groups in total. The van der Waals surface area contributed by atoms with Gasteiger partial charge in [0.25, 0.3) is 0 Å². The van der Waals surface area contributed by atoms with E-state index in [0.717, 1.165) is 0 Å². The van der Waals surface area contributed by atoms with Crippen LogP contribution in [0.2, 0.25) is 0 Å². The minimum atomic E-state index is -1.24. The maximum atomic E-state index is 12.2. The molecule has 13 nitrogen and oxygen atoms in total. The summed E-state index contributed by atoms with van der Waals surface area (Å²) in [6, 6.07) is 1.34. The van der Waals surface area contributed by atoms with Crippen molar-refractivity contribution in [3.8, 4) is 6.07 Å². The van der Waals surface area contributed by atoms with E-state index in [9.17, 15) is 15.0 Å². The number of carbonyl (C=O) groups excluding carboxylic acids is 1. The van der Waals surface area contributed by atoms with Crippen LogP contribution in [0.15, 0.2) is 12.7 Å². The Hall–Kier alpha value is -2.89. The third-order valence-corrected chi connectivity index (χ3v) is 4.87. The Morgan fingerprint density at radius 1 is 1.34 bits per heavy atom. The number of amides is 2. The minimum absolute atomic E-state index is 0.117. The Morgan fingerprint density at radius 2 is 2.09 bits per heavy atom. The predicted octanol–water partition coefficient (Wildman–Crippen LogP) is -0.553. The van der Waals surface area contributed by atoms with Crippen LogP contribution < -0.4 is 10.6 Å². The quantitative estimate of drug-likeness (QED) is 0.384. The Bertz CT molecular complexity index is 988. The minimum Gasteiger partial charge on any atom is -0.387 e. The SMILES string of the molecule is CN(C)CCOC[C@H]1O[C@@H](n2cnc3c(NC(=O)NC(C)(C)C#N)ncnc32)[C@H](O)[C@@H]1O. The van der Waals surface area contributed by atoms with E-state index in [0.29, 0.717) is 18.8 Å². The number of likely N-dealkylation sites (N-methyl/N-ethyl adjacent to an activating group) is 1. The van der Waals surface area contributed by atoms with Gasteiger partial charge in [-0.3, -0.25) is 9.88 Å². The number of aliphatic hydroxyl groups is 2. The van der Waals surface area contributed by atoms with Crippen LogP contribution in [0.25, 0.3) is 11.2 Å². The molecule has 3 heterocycles. The maximum absolute atomic E-state index is 12.2. The van der Waals surface area contributed by atoms with E-state index in [1.807, 2.05) is 25.1 Å². The molecule has 1 fully saturated rings. The molecule has 2 amide bonds. The van der Waals surface area contributed by atoms with Crippen LogP contribution in [-0.4, -0.2) is 98.4 Å². The molecule has 1 saturated heterocycles. The molecule has 0 unspecified atom stereocenters. The molecule has 32 heavy (non-hydrogen) atoms. The van der Waals surface area contributed by atoms with Crippen molar-refractivity contribution in [2.24, 2.45) is 0 Å². The van der Waals surface area contributed by atoms with Gasteiger partial charge in [0.05, 0.1) is 25.6 Å². The molecule has 13 heteroatoms. The van der Waals surface area contributed by atoms with Gasteiger partial charge in [-0.1, -0.05) is 0 Å². The number of urea groups is 1. The molecule has 0 spiro atoms. The summed E-state index contributed by atoms with van der Waals surface area (Å²) in [6.45, 7) is 4.41. The van der Waals surface area contributed by atoms with Crippen LogP contribution in [0.3, 0.4) is 0 Å². The first-order valence-electron chi connectivity index (χ1n) is 10.0. The molecular weight excluding hydrogens is 420 g/mol. The van der Waals surface area contributed by atoms with Crippen molar-refractivity contribution in [2.45, 2.75) is 43.9 Å². The molecule has 1 aliphatic rings. The summed E-state index contributed by atoms with van der Waals surface area (Å²) in [7, 11) is 3.85. The molecule has 0 aromatic carbocycles. The number of imidazole rings is 1. The van der Waals surface area contributed by atoms with Gasteiger partial charge < -0.3 is 29.9 Å². The Morgan fingerprint density at radius 3 is 2.78 bits per heavy atom. The number of carbonyl (C=O) groups is 1. The molecule has 3 rings (SSSR count). The largest absolute Gasteiger partial charge is 0.387 e. The van der Waals surface area contributed by atoms with Gasteiger partial charge in [0, 0.05) is 6.54 Å². The molecule has 0 bridgehead atoms. The van der Waals surface area contributed by atoms with E-state index < -0.39 is 36.1 Å². The van der Waals surface area contributed by atoms with Crippen molar-refractivity contribution in [2.75, 3.05) is 39.2 Å². The number of fused-ring (bicyclic) bond motifs is 1. The van der Waals surface area contributed by atoms with Gasteiger partial charge in [0.15, 0.2) is 23.2 Å². The zero-order valence-corrected chi connectivity index (χ0v) is 18.4. The molecule has 2 aromatic rings. The highest BCUT2D eigenvalue weighted by Gasteiger charge is 2.44. The smallest absolute Gasteiger partial charge is 0.321 e. The van der Waals surface area contributed by atoms with E-state index in [1.165, 1.54) is 17.2 Å². The van der Waals surface area contributed by atoms with E-state index in [-0.39, 0.29) is 17.9 Å². The number of aliphatic hydroxyl groups excluding tert-OH is 2. The second-order valence-corrected chi connectivity index (χ2v) is 8.29. The van der Waals surface area contributed by atoms with Crippen LogP contribution in [0.5, 0.6) is 0 Å². The summed E-state index contributed by atoms with van der Waals surface area (Å²) < 4.78 is 12.8. The summed E-state index contributed by atoms with van der Waals surface area (Å²) in [6.07, 6.45) is -1.46. The number of hydrogen-bond donors (Lipinski definition) is 4. The number of nitrogens with zero attached hydrogens (tertiary/aromatic N) is 6. The van der Waals surface area contributed by atoms with Crippen molar-refractivity contribution in [1.29, 1.82) is 5.26 Å². The van der Waals surface area contributed by atoms with Crippen molar-refractivity contribution in [3.63, 3.8) is 0 Å². The zero-order valence-electron chi connectivity index (χ0n) is 18.4. The molecule has 0 aliphatic carbocycles. The van der Waals surface area contributed by atoms with Crippen LogP contribution in [-0.2, 0) is 9.47 Å². The van der Waals surface area contributed by atoms with Gasteiger partial charge in [0.1, 0.15) is 30.2 Å². The summed E-state index contributed by atoms with van der Waals surface area (Å²) in [5.41, 5.74) is -0.523. The molecule has 2 aromatic heterocycles. The Kier molecular flexibility index (Phi) is 7.22. The third kappa shape index (κ3) is 5.29. The molecular formula is C19H28N8O5. The molecule has 0 radical (unpaired) electrons. The topological polar surface area (TPSA) is 171 Å². The van der Waals surface area contributed by atoms with E-state index in [2.05, 4.69) is 25.6 Å².